The number of aryl methyl sites for hydroxylation is 1. The molecule has 4 rings (SSSR count). The van der Waals surface area contributed by atoms with Gasteiger partial charge in [0.15, 0.2) is 0 Å². The third-order valence-corrected chi connectivity index (χ3v) is 5.13. The maximum absolute atomic E-state index is 5.72. The zero-order valence-electron chi connectivity index (χ0n) is 16.7. The van der Waals surface area contributed by atoms with Gasteiger partial charge < -0.3 is 19.4 Å². The first kappa shape index (κ1) is 18.6. The Labute approximate surface area is 166 Å². The van der Waals surface area contributed by atoms with E-state index in [-0.39, 0.29) is 0 Å². The van der Waals surface area contributed by atoms with Crippen LogP contribution in [0, 0.1) is 0 Å². The number of imidazole rings is 1. The first-order valence-electron chi connectivity index (χ1n) is 10.00. The van der Waals surface area contributed by atoms with E-state index in [0.717, 1.165) is 60.8 Å². The zero-order chi connectivity index (χ0) is 19.5. The smallest absolute Gasteiger partial charge is 0.137 e. The third kappa shape index (κ3) is 3.76. The van der Waals surface area contributed by atoms with Gasteiger partial charge in [-0.3, -0.25) is 0 Å². The van der Waals surface area contributed by atoms with E-state index in [4.69, 9.17) is 9.72 Å². The molecule has 0 unspecified atom stereocenters. The van der Waals surface area contributed by atoms with Crippen molar-refractivity contribution in [2.45, 2.75) is 20.3 Å². The highest BCUT2D eigenvalue weighted by Crippen LogP contribution is 2.28. The summed E-state index contributed by atoms with van der Waals surface area (Å²) < 4.78 is 7.97. The highest BCUT2D eigenvalue weighted by Gasteiger charge is 2.16. The Hall–Kier alpha value is -2.79. The number of benzene rings is 1. The molecule has 28 heavy (non-hydrogen) atoms. The van der Waals surface area contributed by atoms with Gasteiger partial charge in [-0.25, -0.2) is 4.98 Å². The fourth-order valence-electron chi connectivity index (χ4n) is 3.68. The van der Waals surface area contributed by atoms with Gasteiger partial charge in [0, 0.05) is 37.9 Å². The molecule has 0 atom stereocenters. The molecule has 5 nitrogen and oxygen atoms in total. The Bertz CT molecular complexity index is 968. The zero-order valence-corrected chi connectivity index (χ0v) is 16.7. The van der Waals surface area contributed by atoms with Crippen LogP contribution in [0.15, 0.2) is 54.7 Å². The van der Waals surface area contributed by atoms with Crippen LogP contribution in [-0.2, 0) is 6.42 Å². The molecule has 0 bridgehead atoms. The summed E-state index contributed by atoms with van der Waals surface area (Å²) in [6.07, 6.45) is 3.16. The highest BCUT2D eigenvalue weighted by atomic mass is 16.5. The number of rotatable bonds is 6. The topological polar surface area (TPSA) is 41.8 Å². The van der Waals surface area contributed by atoms with Gasteiger partial charge in [0.05, 0.1) is 17.1 Å². The Morgan fingerprint density at radius 1 is 1.14 bits per heavy atom. The molecule has 3 heterocycles. The van der Waals surface area contributed by atoms with Crippen molar-refractivity contribution in [2.24, 2.45) is 0 Å². The quantitative estimate of drug-likeness (QED) is 0.662. The van der Waals surface area contributed by atoms with E-state index in [2.05, 4.69) is 58.6 Å². The lowest BCUT2D eigenvalue weighted by atomic mass is 10.1. The van der Waals surface area contributed by atoms with Crippen LogP contribution in [0.2, 0.25) is 0 Å². The number of hydrogen-bond acceptors (Lipinski definition) is 4. The van der Waals surface area contributed by atoms with Crippen molar-refractivity contribution in [1.29, 1.82) is 0 Å². The van der Waals surface area contributed by atoms with Crippen LogP contribution in [0.4, 0.5) is 5.69 Å². The molecule has 0 aliphatic carbocycles. The molecule has 0 spiro atoms. The number of hydrogen-bond donors (Lipinski definition) is 1. The van der Waals surface area contributed by atoms with Crippen molar-refractivity contribution in [3.63, 3.8) is 0 Å². The lowest BCUT2D eigenvalue weighted by Crippen LogP contribution is -2.43. The summed E-state index contributed by atoms with van der Waals surface area (Å²) in [5, 5.41) is 3.41. The number of nitrogens with zero attached hydrogens (tertiary/aromatic N) is 3. The lowest BCUT2D eigenvalue weighted by molar-refractivity contribution is 0.353. The Kier molecular flexibility index (Phi) is 5.35. The van der Waals surface area contributed by atoms with Gasteiger partial charge in [0.25, 0.3) is 0 Å². The van der Waals surface area contributed by atoms with Gasteiger partial charge in [0.1, 0.15) is 18.0 Å². The van der Waals surface area contributed by atoms with Crippen molar-refractivity contribution in [1.82, 2.24) is 14.7 Å². The van der Waals surface area contributed by atoms with E-state index in [1.807, 2.05) is 19.1 Å². The van der Waals surface area contributed by atoms with Gasteiger partial charge in [-0.1, -0.05) is 13.5 Å². The van der Waals surface area contributed by atoms with Crippen molar-refractivity contribution < 1.29 is 4.74 Å². The number of anilines is 1. The van der Waals surface area contributed by atoms with Crippen LogP contribution < -0.4 is 15.0 Å². The molecule has 3 aromatic rings. The number of ether oxygens (including phenoxy) is 1. The lowest BCUT2D eigenvalue weighted by Gasteiger charge is -2.29. The normalized spacial score (nSPS) is 14.4. The highest BCUT2D eigenvalue weighted by molar-refractivity contribution is 5.68. The molecule has 1 saturated heterocycles. The van der Waals surface area contributed by atoms with Crippen molar-refractivity contribution in [3.05, 3.63) is 60.4 Å². The van der Waals surface area contributed by atoms with Gasteiger partial charge >= 0.3 is 0 Å². The molecule has 0 amide bonds. The largest absolute Gasteiger partial charge is 0.489 e. The molecule has 1 aliphatic rings. The third-order valence-electron chi connectivity index (χ3n) is 5.13. The molecule has 1 aliphatic heterocycles. The second kappa shape index (κ2) is 8.07. The Balaban J connectivity index is 1.66. The fourth-order valence-corrected chi connectivity index (χ4v) is 3.68. The molecule has 1 aromatic carbocycles. The summed E-state index contributed by atoms with van der Waals surface area (Å²) in [5.41, 5.74) is 6.67. The second-order valence-corrected chi connectivity index (χ2v) is 7.38. The number of fused-ring (bicyclic) bond motifs is 1. The number of nitrogens with one attached hydrogen (secondary N) is 1. The van der Waals surface area contributed by atoms with Crippen LogP contribution >= 0.6 is 0 Å². The number of pyridine rings is 1. The predicted molar refractivity (Wildman–Crippen MR) is 115 cm³/mol. The Morgan fingerprint density at radius 2 is 1.89 bits per heavy atom. The molecular weight excluding hydrogens is 348 g/mol. The van der Waals surface area contributed by atoms with Crippen LogP contribution in [-0.4, -0.2) is 42.2 Å². The summed E-state index contributed by atoms with van der Waals surface area (Å²) in [6, 6.07) is 12.5. The second-order valence-electron chi connectivity index (χ2n) is 7.38. The van der Waals surface area contributed by atoms with E-state index in [1.54, 1.807) is 0 Å². The molecule has 0 saturated carbocycles. The summed E-state index contributed by atoms with van der Waals surface area (Å²) in [6.45, 7) is 12.7. The predicted octanol–water partition coefficient (Wildman–Crippen LogP) is 3.93. The van der Waals surface area contributed by atoms with Gasteiger partial charge in [-0.05, 0) is 55.3 Å². The minimum absolute atomic E-state index is 0.544. The van der Waals surface area contributed by atoms with Crippen LogP contribution in [0.1, 0.15) is 19.5 Å². The summed E-state index contributed by atoms with van der Waals surface area (Å²) in [7, 11) is 0. The summed E-state index contributed by atoms with van der Waals surface area (Å²) >= 11 is 0. The van der Waals surface area contributed by atoms with Gasteiger partial charge in [-0.15, -0.1) is 0 Å². The van der Waals surface area contributed by atoms with Crippen LogP contribution in [0.5, 0.6) is 5.75 Å². The SMILES string of the molecule is C=C(C)COc1ccc(-c2nc3ccc(N4CCNCC4)cn3c2CC)cc1. The van der Waals surface area contributed by atoms with E-state index in [9.17, 15) is 0 Å². The average Bonchev–Trinajstić information content (AvgIpc) is 3.11. The van der Waals surface area contributed by atoms with Crippen molar-refractivity contribution >= 4 is 11.3 Å². The molecule has 1 N–H and O–H groups in total. The maximum Gasteiger partial charge on any atom is 0.137 e. The van der Waals surface area contributed by atoms with E-state index < -0.39 is 0 Å². The molecule has 2 aromatic heterocycles. The molecule has 5 heteroatoms. The van der Waals surface area contributed by atoms with Crippen molar-refractivity contribution in [3.8, 4) is 17.0 Å². The molecular formula is C23H28N4O. The minimum atomic E-state index is 0.544. The Morgan fingerprint density at radius 3 is 2.57 bits per heavy atom. The van der Waals surface area contributed by atoms with Gasteiger partial charge in [-0.2, -0.15) is 0 Å². The summed E-state index contributed by atoms with van der Waals surface area (Å²) in [4.78, 5) is 7.35. The van der Waals surface area contributed by atoms with E-state index in [0.29, 0.717) is 6.61 Å². The van der Waals surface area contributed by atoms with Gasteiger partial charge in [0.2, 0.25) is 0 Å². The fraction of sp³-hybridized carbons (Fsp3) is 0.348. The average molecular weight is 377 g/mol. The monoisotopic (exact) mass is 376 g/mol. The first-order valence-corrected chi connectivity index (χ1v) is 10.00. The van der Waals surface area contributed by atoms with E-state index >= 15 is 0 Å². The van der Waals surface area contributed by atoms with Crippen LogP contribution in [0.25, 0.3) is 16.9 Å². The summed E-state index contributed by atoms with van der Waals surface area (Å²) in [5.74, 6) is 0.856. The van der Waals surface area contributed by atoms with Crippen molar-refractivity contribution in [2.75, 3.05) is 37.7 Å². The standard InChI is InChI=1S/C23H28N4O/c1-4-21-23(18-5-8-20(9-6-18)28-16-17(2)3)25-22-10-7-19(15-27(21)22)26-13-11-24-12-14-26/h5-10,15,24H,2,4,11-14,16H2,1,3H3. The molecule has 0 radical (unpaired) electrons. The molecule has 1 fully saturated rings. The molecule has 146 valence electrons. The number of aromatic nitrogens is 2. The number of piperazine rings is 1. The minimum Gasteiger partial charge on any atom is -0.489 e. The van der Waals surface area contributed by atoms with E-state index in [1.165, 1.54) is 11.4 Å². The van der Waals surface area contributed by atoms with Crippen LogP contribution in [0.3, 0.4) is 0 Å². The maximum atomic E-state index is 5.72. The first-order chi connectivity index (χ1) is 13.7.